The van der Waals surface area contributed by atoms with Crippen LogP contribution in [0.1, 0.15) is 76.2 Å². The van der Waals surface area contributed by atoms with Crippen LogP contribution in [0.4, 0.5) is 0 Å². The number of carbonyl (C=O) groups is 2. The molecular weight excluding hydrogens is 388 g/mol. The number of fused-ring (bicyclic) bond motifs is 3. The molecule has 6 atom stereocenters. The highest BCUT2D eigenvalue weighted by Gasteiger charge is 2.66. The van der Waals surface area contributed by atoms with E-state index in [2.05, 4.69) is 0 Å². The second-order valence-electron chi connectivity index (χ2n) is 9.40. The average Bonchev–Trinajstić information content (AvgIpc) is 2.67. The van der Waals surface area contributed by atoms with Gasteiger partial charge >= 0.3 is 11.9 Å². The topological polar surface area (TPSA) is 113 Å². The van der Waals surface area contributed by atoms with E-state index in [9.17, 15) is 24.9 Å². The fraction of sp³-hybridized carbons (Fsp3) is 0.652. The van der Waals surface area contributed by atoms with E-state index in [-0.39, 0.29) is 11.7 Å². The minimum Gasteiger partial charge on any atom is -0.508 e. The summed E-state index contributed by atoms with van der Waals surface area (Å²) in [6.45, 7) is 8.65. The molecule has 1 fully saturated rings. The number of benzene rings is 1. The SMILES string of the molecule is COC(=O)[C@]1(C)CC[C@H](O)[C@]2(C)c3c(O)cc(C(C)C)cc3[C@H](O)[C@H](OC(C)=O)[C@@H]21. The van der Waals surface area contributed by atoms with Crippen LogP contribution in [-0.2, 0) is 24.5 Å². The van der Waals surface area contributed by atoms with E-state index in [0.717, 1.165) is 5.56 Å². The molecule has 0 saturated heterocycles. The number of esters is 2. The Hall–Kier alpha value is -2.12. The Labute approximate surface area is 177 Å². The maximum Gasteiger partial charge on any atom is 0.311 e. The monoisotopic (exact) mass is 420 g/mol. The third-order valence-corrected chi connectivity index (χ3v) is 7.25. The lowest BCUT2D eigenvalue weighted by Crippen LogP contribution is -2.64. The van der Waals surface area contributed by atoms with Crippen molar-refractivity contribution in [2.75, 3.05) is 7.11 Å². The molecule has 0 bridgehead atoms. The molecule has 2 aliphatic rings. The molecule has 3 N–H and O–H groups in total. The van der Waals surface area contributed by atoms with Gasteiger partial charge < -0.3 is 24.8 Å². The summed E-state index contributed by atoms with van der Waals surface area (Å²) >= 11 is 0. The average molecular weight is 421 g/mol. The largest absolute Gasteiger partial charge is 0.508 e. The zero-order chi connectivity index (χ0) is 22.6. The Kier molecular flexibility index (Phi) is 5.67. The number of hydrogen-bond donors (Lipinski definition) is 3. The van der Waals surface area contributed by atoms with Gasteiger partial charge in [0.15, 0.2) is 0 Å². The summed E-state index contributed by atoms with van der Waals surface area (Å²) in [5, 5.41) is 33.5. The van der Waals surface area contributed by atoms with Crippen LogP contribution in [0, 0.1) is 11.3 Å². The Morgan fingerprint density at radius 2 is 1.83 bits per heavy atom. The lowest BCUT2D eigenvalue weighted by molar-refractivity contribution is -0.199. The molecule has 0 aliphatic heterocycles. The smallest absolute Gasteiger partial charge is 0.311 e. The molecule has 0 aromatic heterocycles. The first-order valence-electron chi connectivity index (χ1n) is 10.4. The summed E-state index contributed by atoms with van der Waals surface area (Å²) in [5.41, 5.74) is -0.651. The van der Waals surface area contributed by atoms with Gasteiger partial charge in [-0.25, -0.2) is 0 Å². The van der Waals surface area contributed by atoms with Crippen molar-refractivity contribution in [2.24, 2.45) is 11.3 Å². The summed E-state index contributed by atoms with van der Waals surface area (Å²) in [4.78, 5) is 24.8. The first-order valence-corrected chi connectivity index (χ1v) is 10.4. The lowest BCUT2D eigenvalue weighted by atomic mass is 9.47. The van der Waals surface area contributed by atoms with Crippen molar-refractivity contribution in [2.45, 2.75) is 77.1 Å². The maximum atomic E-state index is 12.9. The van der Waals surface area contributed by atoms with E-state index in [1.54, 1.807) is 26.0 Å². The van der Waals surface area contributed by atoms with Gasteiger partial charge in [0.2, 0.25) is 0 Å². The first kappa shape index (κ1) is 22.6. The van der Waals surface area contributed by atoms with Gasteiger partial charge in [0.05, 0.1) is 18.6 Å². The molecule has 3 rings (SSSR count). The Morgan fingerprint density at radius 3 is 2.37 bits per heavy atom. The van der Waals surface area contributed by atoms with Crippen molar-refractivity contribution in [3.8, 4) is 5.75 Å². The number of aliphatic hydroxyl groups excluding tert-OH is 2. The number of aromatic hydroxyl groups is 1. The Morgan fingerprint density at radius 1 is 1.20 bits per heavy atom. The molecule has 2 aliphatic carbocycles. The van der Waals surface area contributed by atoms with Crippen LogP contribution in [0.15, 0.2) is 12.1 Å². The molecule has 1 saturated carbocycles. The zero-order valence-corrected chi connectivity index (χ0v) is 18.4. The molecule has 0 unspecified atom stereocenters. The molecule has 1 aromatic carbocycles. The fourth-order valence-corrected chi connectivity index (χ4v) is 5.76. The van der Waals surface area contributed by atoms with Crippen molar-refractivity contribution in [3.05, 3.63) is 28.8 Å². The van der Waals surface area contributed by atoms with Crippen LogP contribution in [0.5, 0.6) is 5.75 Å². The van der Waals surface area contributed by atoms with Crippen molar-refractivity contribution >= 4 is 11.9 Å². The van der Waals surface area contributed by atoms with Crippen LogP contribution in [0.2, 0.25) is 0 Å². The molecule has 0 spiro atoms. The number of methoxy groups -OCH3 is 1. The van der Waals surface area contributed by atoms with Gasteiger partial charge in [-0.3, -0.25) is 9.59 Å². The highest BCUT2D eigenvalue weighted by atomic mass is 16.6. The Balaban J connectivity index is 2.35. The number of rotatable bonds is 3. The van der Waals surface area contributed by atoms with Gasteiger partial charge in [0, 0.05) is 23.8 Å². The van der Waals surface area contributed by atoms with E-state index in [1.165, 1.54) is 14.0 Å². The minimum absolute atomic E-state index is 0.0443. The van der Waals surface area contributed by atoms with Gasteiger partial charge in [0.1, 0.15) is 18.0 Å². The van der Waals surface area contributed by atoms with Gasteiger partial charge in [-0.1, -0.05) is 26.8 Å². The van der Waals surface area contributed by atoms with E-state index in [0.29, 0.717) is 24.0 Å². The summed E-state index contributed by atoms with van der Waals surface area (Å²) < 4.78 is 10.7. The van der Waals surface area contributed by atoms with Crippen molar-refractivity contribution in [3.63, 3.8) is 0 Å². The molecule has 1 aromatic rings. The second kappa shape index (κ2) is 7.54. The highest BCUT2D eigenvalue weighted by Crippen LogP contribution is 2.62. The molecule has 0 amide bonds. The van der Waals surface area contributed by atoms with Crippen LogP contribution in [-0.4, -0.2) is 46.6 Å². The number of aliphatic hydroxyl groups is 2. The first-order chi connectivity index (χ1) is 13.9. The summed E-state index contributed by atoms with van der Waals surface area (Å²) in [5.74, 6) is -1.86. The third-order valence-electron chi connectivity index (χ3n) is 7.25. The molecule has 0 radical (unpaired) electrons. The number of phenols is 1. The second-order valence-corrected chi connectivity index (χ2v) is 9.40. The minimum atomic E-state index is -1.26. The zero-order valence-electron chi connectivity index (χ0n) is 18.4. The van der Waals surface area contributed by atoms with Gasteiger partial charge in [-0.15, -0.1) is 0 Å². The number of phenolic OH excluding ortho intramolecular Hbond substituents is 1. The lowest BCUT2D eigenvalue weighted by Gasteiger charge is -2.59. The van der Waals surface area contributed by atoms with Crippen LogP contribution >= 0.6 is 0 Å². The van der Waals surface area contributed by atoms with Crippen molar-refractivity contribution < 1.29 is 34.4 Å². The fourth-order valence-electron chi connectivity index (χ4n) is 5.76. The van der Waals surface area contributed by atoms with Crippen molar-refractivity contribution in [1.82, 2.24) is 0 Å². The summed E-state index contributed by atoms with van der Waals surface area (Å²) in [6, 6.07) is 3.43. The standard InChI is InChI=1S/C23H32O7/c1-11(2)13-9-14-17(15(25)10-13)23(5)16(26)7-8-22(4,21(28)29-6)20(23)19(18(14)27)30-12(3)24/h9-11,16,18-20,25-27H,7-8H2,1-6H3/t16-,18-,19-,20+,22+,23+/m0/s1. The summed E-state index contributed by atoms with van der Waals surface area (Å²) in [7, 11) is 1.29. The van der Waals surface area contributed by atoms with E-state index in [4.69, 9.17) is 9.47 Å². The summed E-state index contributed by atoms with van der Waals surface area (Å²) in [6.07, 6.45) is -2.67. The van der Waals surface area contributed by atoms with Crippen LogP contribution in [0.25, 0.3) is 0 Å². The van der Waals surface area contributed by atoms with Crippen LogP contribution in [0.3, 0.4) is 0 Å². The predicted molar refractivity (Wildman–Crippen MR) is 109 cm³/mol. The Bertz CT molecular complexity index is 863. The molecule has 0 heterocycles. The molecule has 7 heteroatoms. The number of carbonyl (C=O) groups excluding carboxylic acids is 2. The number of hydrogen-bond acceptors (Lipinski definition) is 7. The molecule has 30 heavy (non-hydrogen) atoms. The molecule has 166 valence electrons. The maximum absolute atomic E-state index is 12.9. The van der Waals surface area contributed by atoms with Gasteiger partial charge in [-0.2, -0.15) is 0 Å². The predicted octanol–water partition coefficient (Wildman–Crippen LogP) is 2.70. The van der Waals surface area contributed by atoms with Crippen molar-refractivity contribution in [1.29, 1.82) is 0 Å². The molecule has 7 nitrogen and oxygen atoms in total. The van der Waals surface area contributed by atoms with E-state index < -0.39 is 47.0 Å². The quantitative estimate of drug-likeness (QED) is 0.644. The third kappa shape index (κ3) is 3.10. The highest BCUT2D eigenvalue weighted by molar-refractivity contribution is 5.78. The molecular formula is C23H32O7. The normalized spacial score (nSPS) is 35.4. The van der Waals surface area contributed by atoms with Crippen LogP contribution < -0.4 is 0 Å². The van der Waals surface area contributed by atoms with E-state index >= 15 is 0 Å². The van der Waals surface area contributed by atoms with E-state index in [1.807, 2.05) is 13.8 Å². The number of ether oxygens (including phenoxy) is 2. The van der Waals surface area contributed by atoms with Gasteiger partial charge in [-0.05, 0) is 42.9 Å². The van der Waals surface area contributed by atoms with Gasteiger partial charge in [0.25, 0.3) is 0 Å².